The number of rotatable bonds is 10. The average Bonchev–Trinajstić information content (AvgIpc) is 2.97. The van der Waals surface area contributed by atoms with Crippen LogP contribution in [0.15, 0.2) is 59.9 Å². The minimum atomic E-state index is -4.82. The molecule has 0 aromatic heterocycles. The Morgan fingerprint density at radius 3 is 2.41 bits per heavy atom. The molecule has 1 aliphatic carbocycles. The summed E-state index contributed by atoms with van der Waals surface area (Å²) in [5.74, 6) is -1.72. The van der Waals surface area contributed by atoms with Crippen molar-refractivity contribution in [2.24, 2.45) is 0 Å². The molecule has 0 radical (unpaired) electrons. The molecule has 32 heavy (non-hydrogen) atoms. The molecule has 1 aromatic rings. The molecular formula is C21H23BF3NO6. The van der Waals surface area contributed by atoms with Crippen molar-refractivity contribution >= 4 is 18.8 Å². The van der Waals surface area contributed by atoms with Crippen molar-refractivity contribution in [1.82, 2.24) is 5.32 Å². The number of ether oxygens (including phenoxy) is 2. The van der Waals surface area contributed by atoms with Gasteiger partial charge in [0, 0.05) is 18.4 Å². The Morgan fingerprint density at radius 1 is 1.12 bits per heavy atom. The second-order valence-corrected chi connectivity index (χ2v) is 6.95. The highest BCUT2D eigenvalue weighted by Gasteiger charge is 2.31. The molecular weight excluding hydrogens is 430 g/mol. The fourth-order valence-corrected chi connectivity index (χ4v) is 2.93. The first-order valence-electron chi connectivity index (χ1n) is 9.73. The fourth-order valence-electron chi connectivity index (χ4n) is 2.93. The van der Waals surface area contributed by atoms with E-state index in [9.17, 15) is 32.8 Å². The van der Waals surface area contributed by atoms with E-state index in [1.165, 1.54) is 19.2 Å². The van der Waals surface area contributed by atoms with Gasteiger partial charge in [-0.05, 0) is 48.8 Å². The van der Waals surface area contributed by atoms with E-state index in [1.807, 2.05) is 0 Å². The number of ketones is 1. The topological polar surface area (TPSA) is 105 Å². The number of amides is 1. The normalized spacial score (nSPS) is 14.6. The highest BCUT2D eigenvalue weighted by atomic mass is 19.4. The lowest BCUT2D eigenvalue weighted by Crippen LogP contribution is -2.47. The monoisotopic (exact) mass is 453 g/mol. The lowest BCUT2D eigenvalue weighted by Gasteiger charge is -2.18. The Hall–Kier alpha value is -3.05. The van der Waals surface area contributed by atoms with Gasteiger partial charge in [0.05, 0.1) is 13.1 Å². The summed E-state index contributed by atoms with van der Waals surface area (Å²) in [5, 5.41) is 21.5. The van der Waals surface area contributed by atoms with Gasteiger partial charge in [0.1, 0.15) is 11.5 Å². The molecule has 172 valence electrons. The summed E-state index contributed by atoms with van der Waals surface area (Å²) in [7, 11) is -0.393. The molecule has 0 heterocycles. The number of methoxy groups -OCH3 is 1. The summed E-state index contributed by atoms with van der Waals surface area (Å²) in [6.07, 6.45) is 2.17. The molecule has 0 bridgehead atoms. The van der Waals surface area contributed by atoms with Crippen LogP contribution in [0.2, 0.25) is 0 Å². The van der Waals surface area contributed by atoms with E-state index in [0.29, 0.717) is 23.3 Å². The zero-order valence-electron chi connectivity index (χ0n) is 17.3. The SMILES string of the molecule is COC1=CCC=C(C(=O)CCC(=O)N[C@@H](Cc2ccc(OC(F)(F)F)cc2)B(O)O)C=C1. The largest absolute Gasteiger partial charge is 0.573 e. The second-order valence-electron chi connectivity index (χ2n) is 6.95. The van der Waals surface area contributed by atoms with E-state index in [0.717, 1.165) is 12.1 Å². The lowest BCUT2D eigenvalue weighted by atomic mass is 9.76. The van der Waals surface area contributed by atoms with E-state index >= 15 is 0 Å². The second kappa shape index (κ2) is 11.5. The van der Waals surface area contributed by atoms with Gasteiger partial charge in [-0.2, -0.15) is 0 Å². The maximum absolute atomic E-state index is 12.3. The summed E-state index contributed by atoms with van der Waals surface area (Å²) in [5.41, 5.74) is 0.894. The number of nitrogens with one attached hydrogen (secondary N) is 1. The molecule has 0 spiro atoms. The predicted octanol–water partition coefficient (Wildman–Crippen LogP) is 2.39. The molecule has 11 heteroatoms. The molecule has 0 saturated heterocycles. The van der Waals surface area contributed by atoms with Crippen LogP contribution in [0.3, 0.4) is 0 Å². The molecule has 1 aliphatic rings. The Morgan fingerprint density at radius 2 is 1.81 bits per heavy atom. The van der Waals surface area contributed by atoms with Crippen molar-refractivity contribution in [3.63, 3.8) is 0 Å². The standard InChI is InChI=1S/C21H23BF3NO6/c1-31-16-4-2-3-15(7-10-16)18(27)11-12-20(28)26-19(22(29)30)13-14-5-8-17(9-6-14)32-21(23,24)25/h3-10,19,29-30H,2,11-13H2,1H3,(H,26,28)/t19-/m0/s1. The Balaban J connectivity index is 1.88. The van der Waals surface area contributed by atoms with Crippen LogP contribution in [-0.2, 0) is 20.7 Å². The van der Waals surface area contributed by atoms with E-state index in [1.54, 1.807) is 24.3 Å². The number of allylic oxidation sites excluding steroid dienone is 5. The molecule has 0 saturated carbocycles. The van der Waals surface area contributed by atoms with Crippen molar-refractivity contribution in [3.8, 4) is 5.75 Å². The predicted molar refractivity (Wildman–Crippen MR) is 110 cm³/mol. The summed E-state index contributed by atoms with van der Waals surface area (Å²) in [6.45, 7) is 0. The minimum Gasteiger partial charge on any atom is -0.497 e. The van der Waals surface area contributed by atoms with Crippen LogP contribution in [-0.4, -0.2) is 48.3 Å². The summed E-state index contributed by atoms with van der Waals surface area (Å²) in [6, 6.07) is 4.81. The van der Waals surface area contributed by atoms with E-state index in [4.69, 9.17) is 4.74 Å². The molecule has 3 N–H and O–H groups in total. The zero-order chi connectivity index (χ0) is 23.7. The number of hydrogen-bond donors (Lipinski definition) is 3. The van der Waals surface area contributed by atoms with Gasteiger partial charge < -0.3 is 24.8 Å². The van der Waals surface area contributed by atoms with Crippen molar-refractivity contribution in [2.75, 3.05) is 7.11 Å². The molecule has 2 rings (SSSR count). The van der Waals surface area contributed by atoms with Gasteiger partial charge in [-0.3, -0.25) is 9.59 Å². The third-order valence-corrected chi connectivity index (χ3v) is 4.54. The number of halogens is 3. The lowest BCUT2D eigenvalue weighted by molar-refractivity contribution is -0.274. The van der Waals surface area contributed by atoms with Gasteiger partial charge >= 0.3 is 13.5 Å². The number of benzene rings is 1. The molecule has 1 aromatic carbocycles. The van der Waals surface area contributed by atoms with Crippen LogP contribution in [0.5, 0.6) is 5.75 Å². The third-order valence-electron chi connectivity index (χ3n) is 4.54. The molecule has 7 nitrogen and oxygen atoms in total. The summed E-state index contributed by atoms with van der Waals surface area (Å²) >= 11 is 0. The van der Waals surface area contributed by atoms with Crippen LogP contribution in [0.25, 0.3) is 0 Å². The number of carbonyl (C=O) groups is 2. The summed E-state index contributed by atoms with van der Waals surface area (Å²) < 4.78 is 45.6. The van der Waals surface area contributed by atoms with Crippen LogP contribution in [0.1, 0.15) is 24.8 Å². The van der Waals surface area contributed by atoms with Crippen LogP contribution >= 0.6 is 0 Å². The van der Waals surface area contributed by atoms with E-state index in [2.05, 4.69) is 10.1 Å². The van der Waals surface area contributed by atoms with Gasteiger partial charge in [-0.1, -0.05) is 18.2 Å². The molecule has 0 aliphatic heterocycles. The van der Waals surface area contributed by atoms with E-state index < -0.39 is 31.1 Å². The smallest absolute Gasteiger partial charge is 0.497 e. The Labute approximate surface area is 183 Å². The van der Waals surface area contributed by atoms with Crippen molar-refractivity contribution in [3.05, 3.63) is 65.5 Å². The van der Waals surface area contributed by atoms with Gasteiger partial charge in [-0.15, -0.1) is 13.2 Å². The third kappa shape index (κ3) is 8.60. The Bertz CT molecular complexity index is 894. The summed E-state index contributed by atoms with van der Waals surface area (Å²) in [4.78, 5) is 24.6. The van der Waals surface area contributed by atoms with Crippen molar-refractivity contribution in [2.45, 2.75) is 38.0 Å². The Kier molecular flexibility index (Phi) is 9.09. The van der Waals surface area contributed by atoms with Crippen LogP contribution in [0, 0.1) is 0 Å². The number of Topliss-reactive ketones (excluding diaryl/α,β-unsaturated/α-hetero) is 1. The number of hydrogen-bond acceptors (Lipinski definition) is 6. The zero-order valence-corrected chi connectivity index (χ0v) is 17.3. The first-order chi connectivity index (χ1) is 15.1. The molecule has 0 fully saturated rings. The first-order valence-corrected chi connectivity index (χ1v) is 9.73. The minimum absolute atomic E-state index is 0.0526. The van der Waals surface area contributed by atoms with Gasteiger partial charge in [0.2, 0.25) is 5.91 Å². The van der Waals surface area contributed by atoms with Crippen molar-refractivity contribution in [1.29, 1.82) is 0 Å². The highest BCUT2D eigenvalue weighted by molar-refractivity contribution is 6.43. The van der Waals surface area contributed by atoms with E-state index in [-0.39, 0.29) is 25.0 Å². The molecule has 0 unspecified atom stereocenters. The highest BCUT2D eigenvalue weighted by Crippen LogP contribution is 2.23. The number of alkyl halides is 3. The quantitative estimate of drug-likeness (QED) is 0.470. The van der Waals surface area contributed by atoms with Gasteiger partial charge in [0.15, 0.2) is 5.78 Å². The van der Waals surface area contributed by atoms with Crippen LogP contribution in [0.4, 0.5) is 13.2 Å². The average molecular weight is 453 g/mol. The fraction of sp³-hybridized carbons (Fsp3) is 0.333. The maximum Gasteiger partial charge on any atom is 0.573 e. The first kappa shape index (κ1) is 25.2. The number of carbonyl (C=O) groups excluding carboxylic acids is 2. The maximum atomic E-state index is 12.3. The molecule has 1 amide bonds. The van der Waals surface area contributed by atoms with Gasteiger partial charge in [-0.25, -0.2) is 0 Å². The molecule has 1 atom stereocenters. The van der Waals surface area contributed by atoms with Crippen molar-refractivity contribution < 1.29 is 42.3 Å². The van der Waals surface area contributed by atoms with Crippen LogP contribution < -0.4 is 10.1 Å². The van der Waals surface area contributed by atoms with Gasteiger partial charge in [0.25, 0.3) is 0 Å².